The lowest BCUT2D eigenvalue weighted by molar-refractivity contribution is -0.143. The number of hydrogen-bond acceptors (Lipinski definition) is 2. The lowest BCUT2D eigenvalue weighted by atomic mass is 10.0. The zero-order valence-corrected chi connectivity index (χ0v) is 15.4. The van der Waals surface area contributed by atoms with Gasteiger partial charge in [-0.15, -0.1) is 0 Å². The van der Waals surface area contributed by atoms with Crippen LogP contribution < -0.4 is 4.74 Å². The first-order chi connectivity index (χ1) is 13.9. The van der Waals surface area contributed by atoms with Gasteiger partial charge in [0.05, 0.1) is 11.1 Å². The Labute approximate surface area is 167 Å². The Balaban J connectivity index is 1.87. The van der Waals surface area contributed by atoms with Gasteiger partial charge in [-0.05, 0) is 72.4 Å². The molecule has 0 atom stereocenters. The molecule has 0 aromatic heterocycles. The van der Waals surface area contributed by atoms with E-state index in [0.717, 1.165) is 5.56 Å². The van der Waals surface area contributed by atoms with Crippen LogP contribution in [0.2, 0.25) is 0 Å². The van der Waals surface area contributed by atoms with E-state index in [2.05, 4.69) is 0 Å². The van der Waals surface area contributed by atoms with Crippen molar-refractivity contribution in [2.45, 2.75) is 38.2 Å². The second-order valence-corrected chi connectivity index (χ2v) is 6.89. The number of benzene rings is 2. The van der Waals surface area contributed by atoms with Gasteiger partial charge in [0, 0.05) is 5.57 Å². The fourth-order valence-corrected chi connectivity index (χ4v) is 3.19. The highest BCUT2D eigenvalue weighted by Crippen LogP contribution is 2.36. The van der Waals surface area contributed by atoms with Crippen LogP contribution in [0.1, 0.15) is 40.7 Å². The van der Waals surface area contributed by atoms with Crippen LogP contribution in [-0.2, 0) is 30.2 Å². The minimum Gasteiger partial charge on any atom is -0.489 e. The summed E-state index contributed by atoms with van der Waals surface area (Å²) in [6.07, 6.45) is -6.67. The van der Waals surface area contributed by atoms with Gasteiger partial charge >= 0.3 is 18.3 Å². The predicted octanol–water partition coefficient (Wildman–Crippen LogP) is 6.11. The first-order valence-corrected chi connectivity index (χ1v) is 8.91. The summed E-state index contributed by atoms with van der Waals surface area (Å²) in [6.45, 7) is -0.513. The predicted molar refractivity (Wildman–Crippen MR) is 95.8 cm³/mol. The molecule has 30 heavy (non-hydrogen) atoms. The van der Waals surface area contributed by atoms with Crippen molar-refractivity contribution >= 4 is 12.0 Å². The van der Waals surface area contributed by atoms with E-state index < -0.39 is 36.1 Å². The van der Waals surface area contributed by atoms with E-state index in [0.29, 0.717) is 37.0 Å². The third kappa shape index (κ3) is 5.14. The van der Waals surface area contributed by atoms with Gasteiger partial charge in [-0.1, -0.05) is 6.07 Å². The molecule has 0 saturated carbocycles. The number of rotatable bonds is 4. The molecule has 0 radical (unpaired) electrons. The van der Waals surface area contributed by atoms with Crippen molar-refractivity contribution in [3.8, 4) is 5.75 Å². The second kappa shape index (κ2) is 8.04. The lowest BCUT2D eigenvalue weighted by Crippen LogP contribution is -2.12. The van der Waals surface area contributed by atoms with Crippen LogP contribution in [0.15, 0.2) is 42.0 Å². The molecular weight excluding hydrogens is 414 g/mol. The van der Waals surface area contributed by atoms with Crippen LogP contribution in [0.4, 0.5) is 26.3 Å². The maximum atomic E-state index is 13.0. The van der Waals surface area contributed by atoms with Crippen LogP contribution in [-0.4, -0.2) is 11.1 Å². The average Bonchev–Trinajstić information content (AvgIpc) is 2.87. The van der Waals surface area contributed by atoms with E-state index in [4.69, 9.17) is 4.74 Å². The molecule has 9 heteroatoms. The van der Waals surface area contributed by atoms with E-state index >= 15 is 0 Å². The normalized spacial score (nSPS) is 14.5. The number of hydrogen-bond donors (Lipinski definition) is 1. The van der Waals surface area contributed by atoms with Crippen molar-refractivity contribution in [3.05, 3.63) is 69.8 Å². The Morgan fingerprint density at radius 3 is 2.13 bits per heavy atom. The highest BCUT2D eigenvalue weighted by Gasteiger charge is 2.36. The number of fused-ring (bicyclic) bond motifs is 1. The lowest BCUT2D eigenvalue weighted by Gasteiger charge is -2.15. The largest absolute Gasteiger partial charge is 0.489 e. The topological polar surface area (TPSA) is 46.5 Å². The van der Waals surface area contributed by atoms with Crippen molar-refractivity contribution < 1.29 is 41.0 Å². The summed E-state index contributed by atoms with van der Waals surface area (Å²) in [4.78, 5) is 11.3. The zero-order valence-electron chi connectivity index (χ0n) is 15.4. The summed E-state index contributed by atoms with van der Waals surface area (Å²) in [5.74, 6) is -0.833. The summed E-state index contributed by atoms with van der Waals surface area (Å²) in [7, 11) is 0. The van der Waals surface area contributed by atoms with Crippen LogP contribution >= 0.6 is 0 Å². The highest BCUT2D eigenvalue weighted by atomic mass is 19.4. The molecule has 2 aromatic carbocycles. The van der Waals surface area contributed by atoms with Gasteiger partial charge in [0.1, 0.15) is 12.4 Å². The Morgan fingerprint density at radius 2 is 1.57 bits per heavy atom. The van der Waals surface area contributed by atoms with Gasteiger partial charge in [0.2, 0.25) is 0 Å². The van der Waals surface area contributed by atoms with Crippen molar-refractivity contribution in [1.29, 1.82) is 0 Å². The van der Waals surface area contributed by atoms with E-state index in [1.165, 1.54) is 12.1 Å². The monoisotopic (exact) mass is 430 g/mol. The minimum absolute atomic E-state index is 0.0596. The summed E-state index contributed by atoms with van der Waals surface area (Å²) in [6, 6.07) is 6.07. The number of ether oxygens (including phenoxy) is 1. The van der Waals surface area contributed by atoms with Gasteiger partial charge in [0.25, 0.3) is 0 Å². The first-order valence-electron chi connectivity index (χ1n) is 8.91. The van der Waals surface area contributed by atoms with E-state index in [-0.39, 0.29) is 23.0 Å². The number of alkyl halides is 6. The van der Waals surface area contributed by atoms with E-state index in [1.54, 1.807) is 12.1 Å². The molecule has 1 aliphatic carbocycles. The van der Waals surface area contributed by atoms with Gasteiger partial charge < -0.3 is 9.84 Å². The number of aryl methyl sites for hydroxylation is 1. The van der Waals surface area contributed by atoms with Gasteiger partial charge in [-0.3, -0.25) is 0 Å². The SMILES string of the molecule is O=C(O)C1=Cc2cc(OCc3cc(C(F)(F)F)cc(C(F)(F)F)c3)ccc2CCC1. The molecule has 0 amide bonds. The third-order valence-electron chi connectivity index (χ3n) is 4.67. The van der Waals surface area contributed by atoms with E-state index in [9.17, 15) is 36.2 Å². The fraction of sp³-hybridized carbons (Fsp3) is 0.286. The Bertz CT molecular complexity index is 957. The number of carboxylic acid groups (broad SMARTS) is 1. The maximum Gasteiger partial charge on any atom is 0.416 e. The van der Waals surface area contributed by atoms with Crippen LogP contribution in [0.3, 0.4) is 0 Å². The smallest absolute Gasteiger partial charge is 0.416 e. The molecule has 0 heterocycles. The molecule has 1 N–H and O–H groups in total. The molecule has 0 saturated heterocycles. The Hall–Kier alpha value is -2.97. The molecule has 0 unspecified atom stereocenters. The van der Waals surface area contributed by atoms with Crippen LogP contribution in [0.25, 0.3) is 6.08 Å². The second-order valence-electron chi connectivity index (χ2n) is 6.89. The maximum absolute atomic E-state index is 13.0. The molecule has 0 bridgehead atoms. The summed E-state index contributed by atoms with van der Waals surface area (Å²) in [5.41, 5.74) is -1.40. The van der Waals surface area contributed by atoms with Crippen molar-refractivity contribution in [2.75, 3.05) is 0 Å². The molecule has 0 spiro atoms. The van der Waals surface area contributed by atoms with Crippen molar-refractivity contribution in [1.82, 2.24) is 0 Å². The quantitative estimate of drug-likeness (QED) is 0.596. The van der Waals surface area contributed by atoms with Crippen LogP contribution in [0, 0.1) is 0 Å². The summed E-state index contributed by atoms with van der Waals surface area (Å²) >= 11 is 0. The Kier molecular flexibility index (Phi) is 5.83. The molecule has 3 nitrogen and oxygen atoms in total. The molecule has 0 fully saturated rings. The van der Waals surface area contributed by atoms with Crippen LogP contribution in [0.5, 0.6) is 5.75 Å². The first kappa shape index (κ1) is 21.7. The molecular formula is C21H16F6O3. The highest BCUT2D eigenvalue weighted by molar-refractivity contribution is 5.92. The van der Waals surface area contributed by atoms with Gasteiger partial charge in [-0.2, -0.15) is 26.3 Å². The number of halogens is 6. The number of carbonyl (C=O) groups is 1. The minimum atomic E-state index is -4.93. The van der Waals surface area contributed by atoms with E-state index in [1.807, 2.05) is 0 Å². The molecule has 2 aromatic rings. The Morgan fingerprint density at radius 1 is 0.933 bits per heavy atom. The van der Waals surface area contributed by atoms with Crippen molar-refractivity contribution in [2.24, 2.45) is 0 Å². The summed E-state index contributed by atoms with van der Waals surface area (Å²) in [5, 5.41) is 9.21. The van der Waals surface area contributed by atoms with Gasteiger partial charge in [-0.25, -0.2) is 4.79 Å². The van der Waals surface area contributed by atoms with Crippen molar-refractivity contribution in [3.63, 3.8) is 0 Å². The average molecular weight is 430 g/mol. The van der Waals surface area contributed by atoms with Gasteiger partial charge in [0.15, 0.2) is 0 Å². The summed E-state index contributed by atoms with van der Waals surface area (Å²) < 4.78 is 83.2. The zero-order chi connectivity index (χ0) is 22.1. The molecule has 3 rings (SSSR count). The number of carboxylic acids is 1. The number of aliphatic carboxylic acids is 1. The molecule has 0 aliphatic heterocycles. The molecule has 160 valence electrons. The fourth-order valence-electron chi connectivity index (χ4n) is 3.19. The standard InChI is InChI=1S/C21H16F6O3/c22-20(23,24)16-6-12(7-17(10-16)21(25,26)27)11-30-18-5-4-13-2-1-3-14(19(28)29)8-15(13)9-18/h4-10H,1-3,11H2,(H,28,29). The third-order valence-corrected chi connectivity index (χ3v) is 4.67. The molecule has 1 aliphatic rings.